The molecule has 0 N–H and O–H groups in total. The predicted octanol–water partition coefficient (Wildman–Crippen LogP) is 3.77. The number of fused-ring (bicyclic) bond motifs is 2. The number of hydrogen-bond acceptors (Lipinski definition) is 6. The van der Waals surface area contributed by atoms with Crippen LogP contribution in [0.15, 0.2) is 83.0 Å². The number of hydrogen-bond donors (Lipinski definition) is 0. The standard InChI is InChI=1S/C24H22N6/c1-3-7-23-19(5-1)9-11-21(27-23)17-25-29-13-15-30(16-14-29)26-18-22-12-10-20-6-2-4-8-24(20)28-22/h1-12,17-18H,13-16H2/b25-17+,26-18+. The zero-order valence-corrected chi connectivity index (χ0v) is 16.6. The van der Waals surface area contributed by atoms with Crippen LogP contribution in [-0.2, 0) is 0 Å². The lowest BCUT2D eigenvalue weighted by molar-refractivity contribution is 0.141. The maximum absolute atomic E-state index is 4.64. The third-order valence-corrected chi connectivity index (χ3v) is 5.18. The number of benzene rings is 2. The number of nitrogens with zero attached hydrogens (tertiary/aromatic N) is 6. The number of para-hydroxylation sites is 2. The molecule has 2 aromatic heterocycles. The second-order valence-corrected chi connectivity index (χ2v) is 7.25. The van der Waals surface area contributed by atoms with Crippen molar-refractivity contribution in [3.05, 3.63) is 84.2 Å². The van der Waals surface area contributed by atoms with E-state index in [2.05, 4.69) is 54.5 Å². The molecule has 0 saturated carbocycles. The minimum Gasteiger partial charge on any atom is -0.293 e. The maximum Gasteiger partial charge on any atom is 0.0837 e. The Kier molecular flexibility index (Phi) is 5.04. The molecule has 3 heterocycles. The Morgan fingerprint density at radius 2 is 1.00 bits per heavy atom. The fourth-order valence-electron chi connectivity index (χ4n) is 3.51. The predicted molar refractivity (Wildman–Crippen MR) is 122 cm³/mol. The Morgan fingerprint density at radius 3 is 1.47 bits per heavy atom. The van der Waals surface area contributed by atoms with Gasteiger partial charge in [-0.3, -0.25) is 10.0 Å². The van der Waals surface area contributed by atoms with Crippen molar-refractivity contribution in [3.8, 4) is 0 Å². The second-order valence-electron chi connectivity index (χ2n) is 7.25. The molecule has 5 rings (SSSR count). The summed E-state index contributed by atoms with van der Waals surface area (Å²) in [6.45, 7) is 3.30. The van der Waals surface area contributed by atoms with Crippen molar-refractivity contribution in [1.29, 1.82) is 0 Å². The molecular formula is C24H22N6. The Labute approximate surface area is 175 Å². The van der Waals surface area contributed by atoms with Crippen molar-refractivity contribution in [2.45, 2.75) is 0 Å². The summed E-state index contributed by atoms with van der Waals surface area (Å²) in [5, 5.41) is 15.6. The minimum atomic E-state index is 0.826. The molecule has 1 saturated heterocycles. The molecule has 0 radical (unpaired) electrons. The first-order chi connectivity index (χ1) is 14.8. The van der Waals surface area contributed by atoms with Crippen molar-refractivity contribution in [1.82, 2.24) is 20.0 Å². The lowest BCUT2D eigenvalue weighted by atomic mass is 10.2. The summed E-state index contributed by atoms with van der Waals surface area (Å²) in [7, 11) is 0. The third kappa shape index (κ3) is 4.12. The molecule has 30 heavy (non-hydrogen) atoms. The van der Waals surface area contributed by atoms with Gasteiger partial charge in [0.1, 0.15) is 0 Å². The van der Waals surface area contributed by atoms with Crippen molar-refractivity contribution in [3.63, 3.8) is 0 Å². The van der Waals surface area contributed by atoms with Crippen molar-refractivity contribution >= 4 is 34.2 Å². The van der Waals surface area contributed by atoms with Crippen LogP contribution in [0.5, 0.6) is 0 Å². The van der Waals surface area contributed by atoms with Crippen molar-refractivity contribution in [2.75, 3.05) is 26.2 Å². The lowest BCUT2D eigenvalue weighted by Gasteiger charge is -2.31. The molecular weight excluding hydrogens is 372 g/mol. The average molecular weight is 394 g/mol. The highest BCUT2D eigenvalue weighted by molar-refractivity contribution is 5.85. The molecule has 0 aliphatic carbocycles. The first-order valence-electron chi connectivity index (χ1n) is 10.1. The Hall–Kier alpha value is -3.80. The SMILES string of the molecule is C(=N\N1CCN(/N=C/c2ccc3ccccc3n2)CC1)/c1ccc2ccccc2n1. The van der Waals surface area contributed by atoms with Crippen LogP contribution in [-0.4, -0.2) is 58.6 Å². The molecule has 6 nitrogen and oxygen atoms in total. The quantitative estimate of drug-likeness (QED) is 0.495. The van der Waals surface area contributed by atoms with E-state index in [4.69, 9.17) is 0 Å². The lowest BCUT2D eigenvalue weighted by Crippen LogP contribution is -2.41. The van der Waals surface area contributed by atoms with E-state index in [1.54, 1.807) is 0 Å². The summed E-state index contributed by atoms with van der Waals surface area (Å²) in [5.74, 6) is 0. The molecule has 1 fully saturated rings. The Balaban J connectivity index is 1.18. The number of pyridine rings is 2. The topological polar surface area (TPSA) is 57.0 Å². The van der Waals surface area contributed by atoms with Gasteiger partial charge in [-0.05, 0) is 24.3 Å². The van der Waals surface area contributed by atoms with Crippen LogP contribution < -0.4 is 0 Å². The molecule has 0 unspecified atom stereocenters. The molecule has 1 aliphatic heterocycles. The van der Waals surface area contributed by atoms with Gasteiger partial charge < -0.3 is 0 Å². The van der Waals surface area contributed by atoms with Gasteiger partial charge in [0.25, 0.3) is 0 Å². The molecule has 6 heteroatoms. The first-order valence-corrected chi connectivity index (χ1v) is 10.1. The van der Waals surface area contributed by atoms with Gasteiger partial charge in [-0.1, -0.05) is 48.5 Å². The van der Waals surface area contributed by atoms with Gasteiger partial charge in [0.05, 0.1) is 61.0 Å². The highest BCUT2D eigenvalue weighted by Crippen LogP contribution is 2.12. The van der Waals surface area contributed by atoms with Gasteiger partial charge in [-0.25, -0.2) is 9.97 Å². The third-order valence-electron chi connectivity index (χ3n) is 5.18. The molecule has 0 atom stereocenters. The fourth-order valence-corrected chi connectivity index (χ4v) is 3.51. The van der Waals surface area contributed by atoms with Gasteiger partial charge in [0, 0.05) is 10.8 Å². The zero-order valence-electron chi connectivity index (χ0n) is 16.6. The average Bonchev–Trinajstić information content (AvgIpc) is 2.82. The minimum absolute atomic E-state index is 0.826. The van der Waals surface area contributed by atoms with Crippen LogP contribution in [0.25, 0.3) is 21.8 Å². The Bertz CT molecular complexity index is 1130. The molecule has 0 amide bonds. The van der Waals surface area contributed by atoms with Crippen LogP contribution in [0, 0.1) is 0 Å². The van der Waals surface area contributed by atoms with Crippen LogP contribution in [0.1, 0.15) is 11.4 Å². The normalized spacial score (nSPS) is 15.1. The van der Waals surface area contributed by atoms with E-state index < -0.39 is 0 Å². The van der Waals surface area contributed by atoms with E-state index in [1.165, 1.54) is 0 Å². The van der Waals surface area contributed by atoms with Gasteiger partial charge >= 0.3 is 0 Å². The van der Waals surface area contributed by atoms with Gasteiger partial charge in [-0.2, -0.15) is 10.2 Å². The second kappa shape index (κ2) is 8.29. The summed E-state index contributed by atoms with van der Waals surface area (Å²) in [6, 6.07) is 24.4. The van der Waals surface area contributed by atoms with E-state index in [0.717, 1.165) is 59.4 Å². The summed E-state index contributed by atoms with van der Waals surface area (Å²) >= 11 is 0. The highest BCUT2D eigenvalue weighted by atomic mass is 15.5. The molecule has 4 aromatic rings. The maximum atomic E-state index is 4.64. The summed E-state index contributed by atoms with van der Waals surface area (Å²) in [6.07, 6.45) is 3.68. The monoisotopic (exact) mass is 394 g/mol. The van der Waals surface area contributed by atoms with E-state index in [1.807, 2.05) is 61.0 Å². The molecule has 148 valence electrons. The molecule has 0 spiro atoms. The van der Waals surface area contributed by atoms with Crippen molar-refractivity contribution in [2.24, 2.45) is 10.2 Å². The van der Waals surface area contributed by atoms with Crippen molar-refractivity contribution < 1.29 is 0 Å². The summed E-state index contributed by atoms with van der Waals surface area (Å²) in [5.41, 5.74) is 3.72. The van der Waals surface area contributed by atoms with Gasteiger partial charge in [0.15, 0.2) is 0 Å². The highest BCUT2D eigenvalue weighted by Gasteiger charge is 2.13. The van der Waals surface area contributed by atoms with Gasteiger partial charge in [0.2, 0.25) is 0 Å². The molecule has 1 aliphatic rings. The van der Waals surface area contributed by atoms with Crippen LogP contribution in [0.3, 0.4) is 0 Å². The number of hydrazone groups is 2. The number of rotatable bonds is 4. The number of aromatic nitrogens is 2. The molecule has 0 bridgehead atoms. The van der Waals surface area contributed by atoms with E-state index in [9.17, 15) is 0 Å². The largest absolute Gasteiger partial charge is 0.293 e. The van der Waals surface area contributed by atoms with E-state index >= 15 is 0 Å². The fraction of sp³-hybridized carbons (Fsp3) is 0.167. The molecule has 2 aromatic carbocycles. The summed E-state index contributed by atoms with van der Waals surface area (Å²) in [4.78, 5) is 9.28. The smallest absolute Gasteiger partial charge is 0.0837 e. The zero-order chi connectivity index (χ0) is 20.2. The van der Waals surface area contributed by atoms with E-state index in [0.29, 0.717) is 0 Å². The van der Waals surface area contributed by atoms with Crippen LogP contribution >= 0.6 is 0 Å². The van der Waals surface area contributed by atoms with Gasteiger partial charge in [-0.15, -0.1) is 0 Å². The van der Waals surface area contributed by atoms with Crippen LogP contribution in [0.2, 0.25) is 0 Å². The summed E-state index contributed by atoms with van der Waals surface area (Å²) < 4.78 is 0. The number of piperazine rings is 1. The first kappa shape index (κ1) is 18.2. The van der Waals surface area contributed by atoms with Crippen LogP contribution in [0.4, 0.5) is 0 Å². The Morgan fingerprint density at radius 1 is 0.567 bits per heavy atom. The van der Waals surface area contributed by atoms with E-state index in [-0.39, 0.29) is 0 Å².